The number of rotatable bonds is 6. The van der Waals surface area contributed by atoms with E-state index in [0.29, 0.717) is 25.7 Å². The Hall–Kier alpha value is -1.96. The first-order valence-corrected chi connectivity index (χ1v) is 20.1. The highest BCUT2D eigenvalue weighted by Crippen LogP contribution is 2.47. The summed E-state index contributed by atoms with van der Waals surface area (Å²) in [4.78, 5) is 17.9. The van der Waals surface area contributed by atoms with Crippen LogP contribution in [0.1, 0.15) is 115 Å². The fourth-order valence-corrected chi connectivity index (χ4v) is 10.6. The Morgan fingerprint density at radius 3 is 2.55 bits per heavy atom. The molecule has 0 aromatic heterocycles. The summed E-state index contributed by atoms with van der Waals surface area (Å²) in [5.41, 5.74) is 7.45. The van der Waals surface area contributed by atoms with Gasteiger partial charge in [0.2, 0.25) is 0 Å². The summed E-state index contributed by atoms with van der Waals surface area (Å²) >= 11 is 0. The van der Waals surface area contributed by atoms with Gasteiger partial charge in [0.1, 0.15) is 12.6 Å². The van der Waals surface area contributed by atoms with Crippen molar-refractivity contribution in [3.8, 4) is 0 Å². The van der Waals surface area contributed by atoms with Gasteiger partial charge in [0.25, 0.3) is 0 Å². The van der Waals surface area contributed by atoms with Crippen LogP contribution in [0.5, 0.6) is 0 Å². The van der Waals surface area contributed by atoms with Gasteiger partial charge < -0.3 is 41.7 Å². The molecule has 11 heteroatoms. The molecule has 11 atom stereocenters. The zero-order chi connectivity index (χ0) is 36.2. The molecule has 0 radical (unpaired) electrons. The highest BCUT2D eigenvalue weighted by molar-refractivity contribution is 5.68. The molecule has 1 aromatic carbocycles. The Morgan fingerprint density at radius 2 is 1.82 bits per heavy atom. The number of piperidine rings is 2. The van der Waals surface area contributed by atoms with Crippen LogP contribution in [0, 0.1) is 11.3 Å². The average Bonchev–Trinajstić information content (AvgIpc) is 3.77. The van der Waals surface area contributed by atoms with Crippen molar-refractivity contribution < 1.29 is 30.1 Å². The number of nitrogens with one attached hydrogen (secondary N) is 4. The number of aliphatic hydroxyl groups excluding tert-OH is 2. The summed E-state index contributed by atoms with van der Waals surface area (Å²) in [5.74, 6) is -0.897. The lowest BCUT2D eigenvalue weighted by Crippen LogP contribution is -3.16. The minimum Gasteiger partial charge on any atom is -0.481 e. The summed E-state index contributed by atoms with van der Waals surface area (Å²) in [6, 6.07) is 9.23. The number of aliphatic imine (C=N–C) groups is 1. The van der Waals surface area contributed by atoms with E-state index in [-0.39, 0.29) is 60.2 Å². The van der Waals surface area contributed by atoms with Gasteiger partial charge in [-0.1, -0.05) is 43.5 Å². The summed E-state index contributed by atoms with van der Waals surface area (Å²) in [7, 11) is 0. The largest absolute Gasteiger partial charge is 0.481 e. The number of carbonyl (C=O) groups is 1. The lowest BCUT2D eigenvalue weighted by molar-refractivity contribution is -0.914. The van der Waals surface area contributed by atoms with E-state index < -0.39 is 23.8 Å². The van der Waals surface area contributed by atoms with Gasteiger partial charge in [-0.3, -0.25) is 10.1 Å². The van der Waals surface area contributed by atoms with Crippen LogP contribution in [0.3, 0.4) is 0 Å². The smallest absolute Gasteiger partial charge is 0.306 e. The fraction of sp³-hybridized carbons (Fsp3) is 0.800. The maximum absolute atomic E-state index is 12.1. The van der Waals surface area contributed by atoms with E-state index in [4.69, 9.17) is 5.73 Å². The van der Waals surface area contributed by atoms with Crippen LogP contribution >= 0.6 is 0 Å². The number of aliphatic carboxylic acids is 1. The molecule has 5 aliphatic rings. The van der Waals surface area contributed by atoms with Crippen LogP contribution in [0.15, 0.2) is 29.3 Å². The standard InChI is InChI=1S/C40H66N6O5/c1-27-34(47)21-33(46-16-15-42-26-46)32(44-27)20-35(48)30-9-6-12-39(10-3-4-11-39)13-14-40(51,24-37(49)50)25-43-38(2)22-31(45-36(41)23-38)19-29-8-5-7-28(17-29)18-30/h5,7-8,15,17,27,30-36,43-45,47-48,51H,3-4,6,9-14,16,18-26,41H2,1-2H3,(H,49,50)/p+1. The van der Waals surface area contributed by atoms with E-state index in [1.54, 1.807) is 0 Å². The third-order valence-electron chi connectivity index (χ3n) is 13.6. The van der Waals surface area contributed by atoms with Gasteiger partial charge in [-0.05, 0) is 107 Å². The number of benzene rings is 1. The van der Waals surface area contributed by atoms with Crippen molar-refractivity contribution in [3.05, 3.63) is 35.4 Å². The van der Waals surface area contributed by atoms with Gasteiger partial charge in [0.15, 0.2) is 6.67 Å². The van der Waals surface area contributed by atoms with Crippen molar-refractivity contribution in [1.82, 2.24) is 16.0 Å². The molecule has 4 bridgehead atoms. The third-order valence-corrected chi connectivity index (χ3v) is 13.6. The van der Waals surface area contributed by atoms with E-state index >= 15 is 0 Å². The molecule has 1 spiro atoms. The van der Waals surface area contributed by atoms with Crippen molar-refractivity contribution >= 4 is 12.2 Å². The Bertz CT molecular complexity index is 1330. The lowest BCUT2D eigenvalue weighted by atomic mass is 9.73. The van der Waals surface area contributed by atoms with Crippen molar-refractivity contribution in [2.45, 2.75) is 170 Å². The van der Waals surface area contributed by atoms with Crippen LogP contribution in [0.4, 0.5) is 0 Å². The number of fused-ring (bicyclic) bond motifs is 4. The highest BCUT2D eigenvalue weighted by Gasteiger charge is 2.44. The second-order valence-corrected chi connectivity index (χ2v) is 17.8. The van der Waals surface area contributed by atoms with Crippen LogP contribution in [-0.2, 0) is 17.6 Å². The molecule has 11 nitrogen and oxygen atoms in total. The molecule has 6 rings (SSSR count). The maximum Gasteiger partial charge on any atom is 0.306 e. The number of hydrogen-bond donors (Lipinski definition) is 9. The van der Waals surface area contributed by atoms with E-state index in [9.17, 15) is 25.2 Å². The Kier molecular flexibility index (Phi) is 12.6. The van der Waals surface area contributed by atoms with Crippen molar-refractivity contribution in [3.63, 3.8) is 0 Å². The number of aliphatic hydroxyl groups is 3. The molecule has 4 aliphatic heterocycles. The van der Waals surface area contributed by atoms with Crippen molar-refractivity contribution in [1.29, 1.82) is 0 Å². The van der Waals surface area contributed by atoms with Crippen molar-refractivity contribution in [2.75, 3.05) is 19.8 Å². The molecule has 1 aliphatic carbocycles. The number of hydrogen-bond acceptors (Lipinski definition) is 9. The normalized spacial score (nSPS) is 40.0. The van der Waals surface area contributed by atoms with Crippen molar-refractivity contribution in [2.24, 2.45) is 22.1 Å². The predicted molar refractivity (Wildman–Crippen MR) is 200 cm³/mol. The predicted octanol–water partition coefficient (Wildman–Crippen LogP) is 1.66. The molecular formula is C40H67N6O5+. The molecule has 10 N–H and O–H groups in total. The van der Waals surface area contributed by atoms with Crippen LogP contribution < -0.4 is 26.6 Å². The average molecular weight is 712 g/mol. The summed E-state index contributed by atoms with van der Waals surface area (Å²) in [6.45, 7) is 6.01. The molecule has 286 valence electrons. The second-order valence-electron chi connectivity index (χ2n) is 17.8. The van der Waals surface area contributed by atoms with Gasteiger partial charge in [-0.2, -0.15) is 0 Å². The quantitative estimate of drug-likeness (QED) is 0.213. The first-order valence-electron chi connectivity index (χ1n) is 20.1. The fourth-order valence-electron chi connectivity index (χ4n) is 10.6. The molecular weight excluding hydrogens is 644 g/mol. The zero-order valence-corrected chi connectivity index (χ0v) is 31.2. The highest BCUT2D eigenvalue weighted by atomic mass is 16.4. The number of nitrogens with two attached hydrogens (primary N) is 1. The molecule has 3 fully saturated rings. The van der Waals surface area contributed by atoms with Gasteiger partial charge in [-0.15, -0.1) is 0 Å². The molecule has 11 unspecified atom stereocenters. The molecule has 1 saturated carbocycles. The first kappa shape index (κ1) is 38.8. The van der Waals surface area contributed by atoms with Gasteiger partial charge in [0.05, 0.1) is 42.7 Å². The van der Waals surface area contributed by atoms with Gasteiger partial charge in [0, 0.05) is 30.6 Å². The topological polar surface area (TPSA) is 177 Å². The number of nitrogens with zero attached hydrogens (tertiary/aromatic N) is 1. The molecule has 2 saturated heterocycles. The molecule has 51 heavy (non-hydrogen) atoms. The SMILES string of the molecule is CC1NC(CC(O)C2CCCC3(CCCC3)CCC(O)(CC(=O)O)CNC3(C)CC(N)NC(Cc4cccc(c4)C2)C3)C([NH+]2CC=NC2)CC1O. The zero-order valence-electron chi connectivity index (χ0n) is 31.2. The van der Waals surface area contributed by atoms with E-state index in [1.165, 1.54) is 28.9 Å². The van der Waals surface area contributed by atoms with Crippen LogP contribution in [0.2, 0.25) is 0 Å². The maximum atomic E-state index is 12.1. The van der Waals surface area contributed by atoms with E-state index in [2.05, 4.69) is 52.1 Å². The monoisotopic (exact) mass is 712 g/mol. The number of quaternary nitrogens is 1. The van der Waals surface area contributed by atoms with Gasteiger partial charge >= 0.3 is 5.97 Å². The minimum atomic E-state index is -1.34. The molecule has 1 aromatic rings. The first-order chi connectivity index (χ1) is 24.3. The van der Waals surface area contributed by atoms with Gasteiger partial charge in [-0.25, -0.2) is 4.99 Å². The number of carboxylic acid groups (broad SMARTS) is 1. The second kappa shape index (κ2) is 16.6. The van der Waals surface area contributed by atoms with E-state index in [0.717, 1.165) is 71.0 Å². The molecule has 0 amide bonds. The number of β-amino-alcohol motifs (C(OH)–C–C–N with tert-alkyl or cyclic N) is 1. The van der Waals surface area contributed by atoms with E-state index in [1.807, 2.05) is 13.1 Å². The summed E-state index contributed by atoms with van der Waals surface area (Å²) in [5, 5.41) is 55.6. The summed E-state index contributed by atoms with van der Waals surface area (Å²) in [6.07, 6.45) is 13.8. The Balaban J connectivity index is 1.26. The summed E-state index contributed by atoms with van der Waals surface area (Å²) < 4.78 is 0. The number of carboxylic acids is 1. The Morgan fingerprint density at radius 1 is 1.08 bits per heavy atom. The Labute approximate surface area is 305 Å². The molecule has 4 heterocycles. The lowest BCUT2D eigenvalue weighted by Gasteiger charge is -2.45. The third kappa shape index (κ3) is 10.2. The van der Waals surface area contributed by atoms with Crippen LogP contribution in [-0.4, -0.2) is 106 Å². The minimum absolute atomic E-state index is 0.0242. The van der Waals surface area contributed by atoms with Crippen LogP contribution in [0.25, 0.3) is 0 Å².